The lowest BCUT2D eigenvalue weighted by molar-refractivity contribution is -0.220. The third kappa shape index (κ3) is 29.7. The number of rotatable bonds is 40. The predicted molar refractivity (Wildman–Crippen MR) is 235 cm³/mol. The molecule has 0 aromatic rings. The van der Waals surface area contributed by atoms with Crippen molar-refractivity contribution in [2.45, 2.75) is 243 Å². The Kier molecular flexibility index (Phi) is 35.4. The van der Waals surface area contributed by atoms with Crippen LogP contribution in [-0.4, -0.2) is 98.9 Å². The number of carbonyl (C=O) groups excluding carboxylic acids is 1. The second-order valence-corrected chi connectivity index (χ2v) is 18.0. The number of ether oxygens (including phenoxy) is 2. The van der Waals surface area contributed by atoms with Crippen molar-refractivity contribution >= 4 is 13.8 Å². The molecule has 1 fully saturated rings. The lowest BCUT2D eigenvalue weighted by atomic mass is 9.85. The second-order valence-electron chi connectivity index (χ2n) is 16.6. The summed E-state index contributed by atoms with van der Waals surface area (Å²) in [5.41, 5.74) is 0. The molecular formula is C46H87O12P. The van der Waals surface area contributed by atoms with Crippen LogP contribution in [0.25, 0.3) is 0 Å². The number of hydrogen-bond acceptors (Lipinski definition) is 11. The van der Waals surface area contributed by atoms with Crippen molar-refractivity contribution < 1.29 is 58.3 Å². The van der Waals surface area contributed by atoms with Crippen LogP contribution in [-0.2, 0) is 27.9 Å². The zero-order chi connectivity index (χ0) is 43.4. The van der Waals surface area contributed by atoms with Crippen LogP contribution >= 0.6 is 7.82 Å². The topological polar surface area (TPSA) is 192 Å². The van der Waals surface area contributed by atoms with Gasteiger partial charge < -0.3 is 39.9 Å². The molecule has 348 valence electrons. The first-order valence-electron chi connectivity index (χ1n) is 23.7. The van der Waals surface area contributed by atoms with E-state index in [1.165, 1.54) is 109 Å². The summed E-state index contributed by atoms with van der Waals surface area (Å²) in [6.45, 7) is 4.19. The van der Waals surface area contributed by atoms with Crippen molar-refractivity contribution in [1.29, 1.82) is 0 Å². The number of esters is 1. The number of phosphoric ester groups is 1. The van der Waals surface area contributed by atoms with Crippen molar-refractivity contribution in [3.63, 3.8) is 0 Å². The van der Waals surface area contributed by atoms with Crippen LogP contribution in [0.4, 0.5) is 0 Å². The lowest BCUT2D eigenvalue weighted by Crippen LogP contribution is -2.64. The molecule has 1 aliphatic carbocycles. The van der Waals surface area contributed by atoms with Crippen LogP contribution in [0.5, 0.6) is 0 Å². The summed E-state index contributed by atoms with van der Waals surface area (Å²) in [4.78, 5) is 23.2. The van der Waals surface area contributed by atoms with E-state index in [4.69, 9.17) is 18.5 Å². The highest BCUT2D eigenvalue weighted by molar-refractivity contribution is 7.47. The number of phosphoric acid groups is 1. The molecule has 1 aliphatic rings. The van der Waals surface area contributed by atoms with Gasteiger partial charge in [0.1, 0.15) is 42.7 Å². The van der Waals surface area contributed by atoms with Gasteiger partial charge in [0, 0.05) is 13.0 Å². The average molecular weight is 863 g/mol. The standard InChI is InChI=1S/C46H87O12P/c1-3-5-7-9-11-13-15-17-19-20-21-22-23-25-27-29-31-33-35-40(47)57-39(37-55-36-34-32-30-28-26-24-18-16-14-12-10-8-6-4-2)38-56-59(53,54)58-46-44(51)42(49)41(48)43(50)45(46)52/h8,10,14,16,39,41-46,48-52H,3-7,9,11-13,15,17-38H2,1-2H3,(H,53,54)/b10-8-,16-14-. The van der Waals surface area contributed by atoms with Crippen molar-refractivity contribution in [3.05, 3.63) is 24.3 Å². The molecule has 0 aromatic heterocycles. The Bertz CT molecular complexity index is 1070. The molecule has 6 atom stereocenters. The Balaban J connectivity index is 2.37. The minimum atomic E-state index is -5.02. The summed E-state index contributed by atoms with van der Waals surface area (Å²) in [6, 6.07) is 0. The minimum absolute atomic E-state index is 0.0802. The molecule has 0 saturated heterocycles. The number of allylic oxidation sites excluding steroid dienone is 4. The summed E-state index contributed by atoms with van der Waals surface area (Å²) in [7, 11) is -5.02. The second kappa shape index (κ2) is 37.4. The summed E-state index contributed by atoms with van der Waals surface area (Å²) in [5.74, 6) is -0.478. The van der Waals surface area contributed by atoms with E-state index in [-0.39, 0.29) is 13.0 Å². The summed E-state index contributed by atoms with van der Waals surface area (Å²) in [6.07, 6.45) is 29.6. The van der Waals surface area contributed by atoms with Crippen LogP contribution in [0.2, 0.25) is 0 Å². The van der Waals surface area contributed by atoms with Gasteiger partial charge in [-0.3, -0.25) is 13.8 Å². The van der Waals surface area contributed by atoms with E-state index < -0.39 is 63.1 Å². The number of hydrogen-bond donors (Lipinski definition) is 6. The molecule has 1 saturated carbocycles. The van der Waals surface area contributed by atoms with Gasteiger partial charge in [-0.05, 0) is 38.5 Å². The Labute approximate surface area is 358 Å². The largest absolute Gasteiger partial charge is 0.472 e. The monoisotopic (exact) mass is 863 g/mol. The molecule has 59 heavy (non-hydrogen) atoms. The highest BCUT2D eigenvalue weighted by atomic mass is 31.2. The molecule has 1 rings (SSSR count). The van der Waals surface area contributed by atoms with Gasteiger partial charge in [-0.2, -0.15) is 0 Å². The molecule has 12 nitrogen and oxygen atoms in total. The van der Waals surface area contributed by atoms with Crippen molar-refractivity contribution in [2.24, 2.45) is 0 Å². The van der Waals surface area contributed by atoms with Gasteiger partial charge in [0.15, 0.2) is 0 Å². The van der Waals surface area contributed by atoms with E-state index in [9.17, 15) is 39.8 Å². The van der Waals surface area contributed by atoms with Crippen LogP contribution in [0.1, 0.15) is 200 Å². The Morgan fingerprint density at radius 2 is 0.983 bits per heavy atom. The predicted octanol–water partition coefficient (Wildman–Crippen LogP) is 9.70. The molecule has 0 amide bonds. The zero-order valence-corrected chi connectivity index (χ0v) is 38.0. The molecule has 0 aromatic carbocycles. The van der Waals surface area contributed by atoms with Crippen molar-refractivity contribution in [3.8, 4) is 0 Å². The molecule has 13 heteroatoms. The molecule has 0 aliphatic heterocycles. The molecule has 0 spiro atoms. The highest BCUT2D eigenvalue weighted by Gasteiger charge is 2.51. The van der Waals surface area contributed by atoms with Gasteiger partial charge in [-0.25, -0.2) is 4.57 Å². The first-order valence-corrected chi connectivity index (χ1v) is 25.2. The summed E-state index contributed by atoms with van der Waals surface area (Å²) in [5, 5.41) is 50.2. The third-order valence-electron chi connectivity index (χ3n) is 11.1. The molecule has 6 N–H and O–H groups in total. The maximum Gasteiger partial charge on any atom is 0.472 e. The fourth-order valence-corrected chi connectivity index (χ4v) is 8.25. The number of aliphatic hydroxyl groups is 5. The van der Waals surface area contributed by atoms with E-state index in [0.29, 0.717) is 13.0 Å². The fourth-order valence-electron chi connectivity index (χ4n) is 7.28. The molecule has 0 radical (unpaired) electrons. The van der Waals surface area contributed by atoms with Crippen LogP contribution in [0.15, 0.2) is 24.3 Å². The van der Waals surface area contributed by atoms with Gasteiger partial charge in [0.05, 0.1) is 13.2 Å². The molecule has 0 bridgehead atoms. The Morgan fingerprint density at radius 3 is 1.49 bits per heavy atom. The first-order chi connectivity index (χ1) is 28.5. The van der Waals surface area contributed by atoms with E-state index in [1.54, 1.807) is 0 Å². The summed E-state index contributed by atoms with van der Waals surface area (Å²) < 4.78 is 34.2. The van der Waals surface area contributed by atoms with E-state index in [0.717, 1.165) is 64.2 Å². The normalized spacial score (nSPS) is 22.6. The average Bonchev–Trinajstić information content (AvgIpc) is 3.22. The van der Waals surface area contributed by atoms with Crippen LogP contribution < -0.4 is 0 Å². The molecule has 0 heterocycles. The van der Waals surface area contributed by atoms with Gasteiger partial charge in [0.2, 0.25) is 0 Å². The quantitative estimate of drug-likeness (QED) is 0.0148. The maximum absolute atomic E-state index is 12.8. The van der Waals surface area contributed by atoms with E-state index in [2.05, 4.69) is 38.2 Å². The molecule has 6 unspecified atom stereocenters. The van der Waals surface area contributed by atoms with Gasteiger partial charge in [0.25, 0.3) is 0 Å². The van der Waals surface area contributed by atoms with Crippen molar-refractivity contribution in [1.82, 2.24) is 0 Å². The SMILES string of the molecule is CCC/C=C\C/C=C\CCCCCCCCOCC(COP(=O)(O)OC1C(O)C(O)C(O)C(O)C1O)OC(=O)CCCCCCCCCCCCCCCCCCCC. The number of unbranched alkanes of at least 4 members (excludes halogenated alkanes) is 24. The highest BCUT2D eigenvalue weighted by Crippen LogP contribution is 2.47. The maximum atomic E-state index is 12.8. The van der Waals surface area contributed by atoms with Crippen molar-refractivity contribution in [2.75, 3.05) is 19.8 Å². The van der Waals surface area contributed by atoms with Crippen LogP contribution in [0, 0.1) is 0 Å². The Morgan fingerprint density at radius 1 is 0.542 bits per heavy atom. The van der Waals surface area contributed by atoms with E-state index >= 15 is 0 Å². The summed E-state index contributed by atoms with van der Waals surface area (Å²) >= 11 is 0. The van der Waals surface area contributed by atoms with Gasteiger partial charge >= 0.3 is 13.8 Å². The van der Waals surface area contributed by atoms with Gasteiger partial charge in [-0.15, -0.1) is 0 Å². The Hall–Kier alpha value is -1.18. The molecular weight excluding hydrogens is 775 g/mol. The minimum Gasteiger partial charge on any atom is -0.457 e. The van der Waals surface area contributed by atoms with Gasteiger partial charge in [-0.1, -0.05) is 179 Å². The zero-order valence-electron chi connectivity index (χ0n) is 37.1. The lowest BCUT2D eigenvalue weighted by Gasteiger charge is -2.41. The third-order valence-corrected chi connectivity index (χ3v) is 12.0. The number of aliphatic hydroxyl groups excluding tert-OH is 5. The number of carbonyl (C=O) groups is 1. The van der Waals surface area contributed by atoms with Crippen LogP contribution in [0.3, 0.4) is 0 Å². The first kappa shape index (κ1) is 55.8. The smallest absolute Gasteiger partial charge is 0.457 e. The fraction of sp³-hybridized carbons (Fsp3) is 0.891. The van der Waals surface area contributed by atoms with E-state index in [1.807, 2.05) is 0 Å².